The maximum atomic E-state index is 4.17. The lowest BCUT2D eigenvalue weighted by Gasteiger charge is -2.09. The zero-order chi connectivity index (χ0) is 10.7. The molecule has 1 nitrogen and oxygen atoms in total. The van der Waals surface area contributed by atoms with E-state index in [0.717, 1.165) is 6.42 Å². The molecule has 0 bridgehead atoms. The predicted molar refractivity (Wildman–Crippen MR) is 63.8 cm³/mol. The fourth-order valence-corrected chi connectivity index (χ4v) is 1.85. The van der Waals surface area contributed by atoms with E-state index in [9.17, 15) is 0 Å². The molecule has 0 saturated carbocycles. The topological polar surface area (TPSA) is 12.9 Å². The van der Waals surface area contributed by atoms with Crippen molar-refractivity contribution in [2.24, 2.45) is 0 Å². The number of aromatic nitrogens is 1. The first kappa shape index (κ1) is 9.91. The first-order valence-electron chi connectivity index (χ1n) is 5.32. The minimum atomic E-state index is 1.03. The highest BCUT2D eigenvalue weighted by Gasteiger charge is 2.04. The van der Waals surface area contributed by atoms with Gasteiger partial charge in [-0.25, -0.2) is 0 Å². The summed E-state index contributed by atoms with van der Waals surface area (Å²) in [5.41, 5.74) is 5.26. The van der Waals surface area contributed by atoms with Crippen LogP contribution in [0.5, 0.6) is 0 Å². The highest BCUT2D eigenvalue weighted by molar-refractivity contribution is 5.69. The molecule has 0 unspecified atom stereocenters. The van der Waals surface area contributed by atoms with E-state index in [-0.39, 0.29) is 0 Å². The fourth-order valence-electron chi connectivity index (χ4n) is 1.85. The predicted octanol–water partition coefficient (Wildman–Crippen LogP) is 3.62. The molecular formula is C14H15N. The SMILES string of the molecule is CCc1cnccc1-c1ccccc1C. The van der Waals surface area contributed by atoms with Crippen LogP contribution in [0.3, 0.4) is 0 Å². The van der Waals surface area contributed by atoms with E-state index in [1.807, 2.05) is 12.4 Å². The highest BCUT2D eigenvalue weighted by Crippen LogP contribution is 2.26. The molecule has 2 rings (SSSR count). The second-order valence-corrected chi connectivity index (χ2v) is 3.70. The van der Waals surface area contributed by atoms with Gasteiger partial charge in [-0.3, -0.25) is 4.98 Å². The lowest BCUT2D eigenvalue weighted by Crippen LogP contribution is -1.90. The van der Waals surface area contributed by atoms with Gasteiger partial charge in [-0.1, -0.05) is 31.2 Å². The molecular weight excluding hydrogens is 182 g/mol. The lowest BCUT2D eigenvalue weighted by atomic mass is 9.97. The number of hydrogen-bond acceptors (Lipinski definition) is 1. The Morgan fingerprint density at radius 2 is 1.87 bits per heavy atom. The third kappa shape index (κ3) is 1.91. The van der Waals surface area contributed by atoms with Gasteiger partial charge in [-0.05, 0) is 41.7 Å². The Morgan fingerprint density at radius 1 is 1.07 bits per heavy atom. The number of hydrogen-bond donors (Lipinski definition) is 0. The number of pyridine rings is 1. The Bertz CT molecular complexity index is 460. The average Bonchev–Trinajstić information content (AvgIpc) is 2.30. The zero-order valence-electron chi connectivity index (χ0n) is 9.20. The van der Waals surface area contributed by atoms with Crippen molar-refractivity contribution in [3.63, 3.8) is 0 Å². The van der Waals surface area contributed by atoms with Crippen molar-refractivity contribution >= 4 is 0 Å². The molecule has 0 N–H and O–H groups in total. The minimum Gasteiger partial charge on any atom is -0.264 e. The summed E-state index contributed by atoms with van der Waals surface area (Å²) in [5.74, 6) is 0. The first-order chi connectivity index (χ1) is 7.33. The van der Waals surface area contributed by atoms with Crippen LogP contribution >= 0.6 is 0 Å². The van der Waals surface area contributed by atoms with Crippen LogP contribution < -0.4 is 0 Å². The van der Waals surface area contributed by atoms with Crippen LogP contribution in [0.25, 0.3) is 11.1 Å². The summed E-state index contributed by atoms with van der Waals surface area (Å²) in [5, 5.41) is 0. The normalized spacial score (nSPS) is 10.3. The number of nitrogens with zero attached hydrogens (tertiary/aromatic N) is 1. The quantitative estimate of drug-likeness (QED) is 0.716. The lowest BCUT2D eigenvalue weighted by molar-refractivity contribution is 1.10. The van der Waals surface area contributed by atoms with Gasteiger partial charge in [0.1, 0.15) is 0 Å². The molecule has 1 aromatic carbocycles. The summed E-state index contributed by atoms with van der Waals surface area (Å²) < 4.78 is 0. The molecule has 15 heavy (non-hydrogen) atoms. The maximum absolute atomic E-state index is 4.17. The fraction of sp³-hybridized carbons (Fsp3) is 0.214. The van der Waals surface area contributed by atoms with E-state index in [0.29, 0.717) is 0 Å². The van der Waals surface area contributed by atoms with Crippen molar-refractivity contribution in [1.82, 2.24) is 4.98 Å². The monoisotopic (exact) mass is 197 g/mol. The molecule has 0 spiro atoms. The Hall–Kier alpha value is -1.63. The second kappa shape index (κ2) is 4.26. The Balaban J connectivity index is 2.59. The van der Waals surface area contributed by atoms with Gasteiger partial charge < -0.3 is 0 Å². The summed E-state index contributed by atoms with van der Waals surface area (Å²) in [4.78, 5) is 4.17. The highest BCUT2D eigenvalue weighted by atomic mass is 14.6. The summed E-state index contributed by atoms with van der Waals surface area (Å²) in [6, 6.07) is 10.6. The van der Waals surface area contributed by atoms with Gasteiger partial charge in [0, 0.05) is 12.4 Å². The van der Waals surface area contributed by atoms with Crippen LogP contribution in [0, 0.1) is 6.92 Å². The largest absolute Gasteiger partial charge is 0.264 e. The number of aryl methyl sites for hydroxylation is 2. The summed E-state index contributed by atoms with van der Waals surface area (Å²) >= 11 is 0. The molecule has 2 aromatic rings. The van der Waals surface area contributed by atoms with E-state index in [4.69, 9.17) is 0 Å². The molecule has 0 radical (unpaired) electrons. The standard InChI is InChI=1S/C14H15N/c1-3-12-10-15-9-8-14(12)13-7-5-4-6-11(13)2/h4-10H,3H2,1-2H3. The summed E-state index contributed by atoms with van der Waals surface area (Å²) in [7, 11) is 0. The van der Waals surface area contributed by atoms with Crippen LogP contribution in [0.15, 0.2) is 42.7 Å². The van der Waals surface area contributed by atoms with Gasteiger partial charge in [0.05, 0.1) is 0 Å². The van der Waals surface area contributed by atoms with Crippen molar-refractivity contribution in [3.8, 4) is 11.1 Å². The van der Waals surface area contributed by atoms with E-state index in [1.165, 1.54) is 22.3 Å². The van der Waals surface area contributed by atoms with E-state index in [1.54, 1.807) is 0 Å². The van der Waals surface area contributed by atoms with Crippen molar-refractivity contribution in [1.29, 1.82) is 0 Å². The van der Waals surface area contributed by atoms with Crippen molar-refractivity contribution < 1.29 is 0 Å². The molecule has 76 valence electrons. The molecule has 1 heteroatoms. The molecule has 0 amide bonds. The third-order valence-electron chi connectivity index (χ3n) is 2.72. The summed E-state index contributed by atoms with van der Waals surface area (Å²) in [6.07, 6.45) is 4.85. The smallest absolute Gasteiger partial charge is 0.0305 e. The maximum Gasteiger partial charge on any atom is 0.0305 e. The van der Waals surface area contributed by atoms with Gasteiger partial charge in [0.15, 0.2) is 0 Å². The third-order valence-corrected chi connectivity index (χ3v) is 2.72. The Kier molecular flexibility index (Phi) is 2.82. The van der Waals surface area contributed by atoms with E-state index >= 15 is 0 Å². The van der Waals surface area contributed by atoms with Crippen LogP contribution in [-0.2, 0) is 6.42 Å². The molecule has 0 aliphatic rings. The molecule has 1 heterocycles. The van der Waals surface area contributed by atoms with Crippen LogP contribution in [0.1, 0.15) is 18.1 Å². The Morgan fingerprint density at radius 3 is 2.60 bits per heavy atom. The number of rotatable bonds is 2. The van der Waals surface area contributed by atoms with Crippen molar-refractivity contribution in [2.75, 3.05) is 0 Å². The van der Waals surface area contributed by atoms with Gasteiger partial charge >= 0.3 is 0 Å². The molecule has 0 fully saturated rings. The van der Waals surface area contributed by atoms with Crippen LogP contribution in [0.2, 0.25) is 0 Å². The molecule has 0 saturated heterocycles. The van der Waals surface area contributed by atoms with Crippen LogP contribution in [-0.4, -0.2) is 4.98 Å². The number of benzene rings is 1. The average molecular weight is 197 g/mol. The van der Waals surface area contributed by atoms with Gasteiger partial charge in [0.25, 0.3) is 0 Å². The minimum absolute atomic E-state index is 1.03. The Labute approximate surface area is 90.8 Å². The van der Waals surface area contributed by atoms with Crippen molar-refractivity contribution in [2.45, 2.75) is 20.3 Å². The molecule has 0 atom stereocenters. The molecule has 0 aliphatic heterocycles. The van der Waals surface area contributed by atoms with E-state index in [2.05, 4.69) is 49.2 Å². The second-order valence-electron chi connectivity index (χ2n) is 3.70. The zero-order valence-corrected chi connectivity index (χ0v) is 9.20. The van der Waals surface area contributed by atoms with E-state index < -0.39 is 0 Å². The van der Waals surface area contributed by atoms with Crippen LogP contribution in [0.4, 0.5) is 0 Å². The molecule has 0 aliphatic carbocycles. The first-order valence-corrected chi connectivity index (χ1v) is 5.32. The molecule has 1 aromatic heterocycles. The van der Waals surface area contributed by atoms with Gasteiger partial charge in [0.2, 0.25) is 0 Å². The summed E-state index contributed by atoms with van der Waals surface area (Å²) in [6.45, 7) is 4.31. The van der Waals surface area contributed by atoms with Gasteiger partial charge in [-0.15, -0.1) is 0 Å². The van der Waals surface area contributed by atoms with Crippen molar-refractivity contribution in [3.05, 3.63) is 53.9 Å². The van der Waals surface area contributed by atoms with Gasteiger partial charge in [-0.2, -0.15) is 0 Å².